The predicted octanol–water partition coefficient (Wildman–Crippen LogP) is 1.47. The van der Waals surface area contributed by atoms with Crippen LogP contribution in [0.15, 0.2) is 0 Å². The Labute approximate surface area is 76.3 Å². The van der Waals surface area contributed by atoms with Crippen LogP contribution in [0.3, 0.4) is 0 Å². The van der Waals surface area contributed by atoms with Gasteiger partial charge < -0.3 is 5.32 Å². The molecule has 0 aromatic carbocycles. The van der Waals surface area contributed by atoms with Gasteiger partial charge in [0.05, 0.1) is 0 Å². The minimum atomic E-state index is 0.650. The molecule has 2 atom stereocenters. The van der Waals surface area contributed by atoms with Gasteiger partial charge in [0.15, 0.2) is 0 Å². The molecule has 1 fully saturated rings. The highest BCUT2D eigenvalue weighted by molar-refractivity contribution is 4.80. The van der Waals surface area contributed by atoms with Crippen LogP contribution in [0.4, 0.5) is 0 Å². The molecular weight excluding hydrogens is 148 g/mol. The summed E-state index contributed by atoms with van der Waals surface area (Å²) in [5.74, 6) is 0. The van der Waals surface area contributed by atoms with Crippen molar-refractivity contribution in [1.29, 1.82) is 0 Å². The molecule has 1 saturated heterocycles. The zero-order valence-electron chi connectivity index (χ0n) is 8.80. The fourth-order valence-electron chi connectivity index (χ4n) is 1.98. The van der Waals surface area contributed by atoms with Gasteiger partial charge in [0.1, 0.15) is 0 Å². The first-order valence-electron chi connectivity index (χ1n) is 5.10. The highest BCUT2D eigenvalue weighted by Crippen LogP contribution is 2.12. The van der Waals surface area contributed by atoms with Gasteiger partial charge in [0, 0.05) is 24.7 Å². The fraction of sp³-hybridized carbons (Fsp3) is 1.00. The first kappa shape index (κ1) is 10.0. The van der Waals surface area contributed by atoms with Gasteiger partial charge in [0.2, 0.25) is 0 Å². The summed E-state index contributed by atoms with van der Waals surface area (Å²) < 4.78 is 0. The van der Waals surface area contributed by atoms with Crippen molar-refractivity contribution >= 4 is 0 Å². The molecule has 0 aliphatic carbocycles. The van der Waals surface area contributed by atoms with Crippen LogP contribution < -0.4 is 5.32 Å². The second-order valence-electron chi connectivity index (χ2n) is 4.28. The lowest BCUT2D eigenvalue weighted by Crippen LogP contribution is -2.42. The molecule has 72 valence electrons. The molecule has 2 nitrogen and oxygen atoms in total. The topological polar surface area (TPSA) is 15.3 Å². The molecule has 1 aliphatic heterocycles. The third-order valence-corrected chi connectivity index (χ3v) is 2.77. The van der Waals surface area contributed by atoms with E-state index in [0.717, 1.165) is 6.04 Å². The van der Waals surface area contributed by atoms with Crippen molar-refractivity contribution in [2.75, 3.05) is 13.1 Å². The number of rotatable bonds is 1. The van der Waals surface area contributed by atoms with E-state index >= 15 is 0 Å². The standard InChI is InChI=1S/C10H22N2/c1-8(2)12-7-9(3)11-6-5-10(12)4/h8-11H,5-7H2,1-4H3. The molecule has 1 heterocycles. The highest BCUT2D eigenvalue weighted by Gasteiger charge is 2.21. The maximum absolute atomic E-state index is 3.52. The highest BCUT2D eigenvalue weighted by atomic mass is 15.2. The Morgan fingerprint density at radius 3 is 2.58 bits per heavy atom. The van der Waals surface area contributed by atoms with Crippen LogP contribution >= 0.6 is 0 Å². The Morgan fingerprint density at radius 2 is 2.00 bits per heavy atom. The predicted molar refractivity (Wildman–Crippen MR) is 53.4 cm³/mol. The largest absolute Gasteiger partial charge is 0.313 e. The van der Waals surface area contributed by atoms with E-state index in [1.807, 2.05) is 0 Å². The second kappa shape index (κ2) is 4.24. The van der Waals surface area contributed by atoms with Crippen LogP contribution in [-0.2, 0) is 0 Å². The number of hydrogen-bond donors (Lipinski definition) is 1. The van der Waals surface area contributed by atoms with Gasteiger partial charge in [-0.05, 0) is 40.7 Å². The van der Waals surface area contributed by atoms with E-state index in [9.17, 15) is 0 Å². The van der Waals surface area contributed by atoms with Crippen molar-refractivity contribution in [1.82, 2.24) is 10.2 Å². The molecule has 0 bridgehead atoms. The van der Waals surface area contributed by atoms with Gasteiger partial charge in [-0.3, -0.25) is 4.90 Å². The summed E-state index contributed by atoms with van der Waals surface area (Å²) in [5.41, 5.74) is 0. The van der Waals surface area contributed by atoms with E-state index in [0.29, 0.717) is 12.1 Å². The summed E-state index contributed by atoms with van der Waals surface area (Å²) in [6.07, 6.45) is 1.28. The first-order valence-corrected chi connectivity index (χ1v) is 5.10. The average molecular weight is 170 g/mol. The molecule has 0 aromatic heterocycles. The van der Waals surface area contributed by atoms with Crippen molar-refractivity contribution in [3.8, 4) is 0 Å². The van der Waals surface area contributed by atoms with Crippen LogP contribution in [0.2, 0.25) is 0 Å². The summed E-state index contributed by atoms with van der Waals surface area (Å²) in [6, 6.07) is 2.07. The summed E-state index contributed by atoms with van der Waals surface area (Å²) in [4.78, 5) is 2.59. The van der Waals surface area contributed by atoms with E-state index in [1.165, 1.54) is 19.5 Å². The van der Waals surface area contributed by atoms with E-state index in [2.05, 4.69) is 37.9 Å². The van der Waals surface area contributed by atoms with Gasteiger partial charge >= 0.3 is 0 Å². The summed E-state index contributed by atoms with van der Waals surface area (Å²) in [6.45, 7) is 11.5. The van der Waals surface area contributed by atoms with E-state index in [-0.39, 0.29) is 0 Å². The van der Waals surface area contributed by atoms with Crippen molar-refractivity contribution in [2.24, 2.45) is 0 Å². The molecule has 0 radical (unpaired) electrons. The number of nitrogens with zero attached hydrogens (tertiary/aromatic N) is 1. The lowest BCUT2D eigenvalue weighted by molar-refractivity contribution is 0.163. The SMILES string of the molecule is CC1CN(C(C)C)C(C)CCN1. The normalized spacial score (nSPS) is 33.8. The summed E-state index contributed by atoms with van der Waals surface area (Å²) in [5, 5.41) is 3.52. The van der Waals surface area contributed by atoms with Gasteiger partial charge in [-0.2, -0.15) is 0 Å². The zero-order chi connectivity index (χ0) is 9.14. The van der Waals surface area contributed by atoms with Crippen LogP contribution in [0.1, 0.15) is 34.1 Å². The Balaban J connectivity index is 2.54. The average Bonchev–Trinajstić information content (AvgIpc) is 2.13. The number of hydrogen-bond acceptors (Lipinski definition) is 2. The van der Waals surface area contributed by atoms with E-state index < -0.39 is 0 Å². The second-order valence-corrected chi connectivity index (χ2v) is 4.28. The van der Waals surface area contributed by atoms with E-state index in [4.69, 9.17) is 0 Å². The lowest BCUT2D eigenvalue weighted by Gasteiger charge is -2.31. The smallest absolute Gasteiger partial charge is 0.0166 e. The third kappa shape index (κ3) is 2.46. The zero-order valence-corrected chi connectivity index (χ0v) is 8.80. The maximum Gasteiger partial charge on any atom is 0.0166 e. The fourth-order valence-corrected chi connectivity index (χ4v) is 1.98. The van der Waals surface area contributed by atoms with Gasteiger partial charge in [-0.25, -0.2) is 0 Å². The minimum Gasteiger partial charge on any atom is -0.313 e. The molecule has 0 spiro atoms. The molecule has 1 aliphatic rings. The molecule has 2 heteroatoms. The van der Waals surface area contributed by atoms with E-state index in [1.54, 1.807) is 0 Å². The van der Waals surface area contributed by atoms with Crippen molar-refractivity contribution in [2.45, 2.75) is 52.2 Å². The van der Waals surface area contributed by atoms with Gasteiger partial charge in [-0.15, -0.1) is 0 Å². The Bertz CT molecular complexity index is 134. The van der Waals surface area contributed by atoms with Crippen LogP contribution in [-0.4, -0.2) is 36.1 Å². The molecule has 0 saturated carbocycles. The van der Waals surface area contributed by atoms with Crippen LogP contribution in [0.25, 0.3) is 0 Å². The molecule has 1 rings (SSSR count). The Morgan fingerprint density at radius 1 is 1.33 bits per heavy atom. The monoisotopic (exact) mass is 170 g/mol. The molecule has 1 N–H and O–H groups in total. The third-order valence-electron chi connectivity index (χ3n) is 2.77. The molecular formula is C10H22N2. The summed E-state index contributed by atoms with van der Waals surface area (Å²) >= 11 is 0. The van der Waals surface area contributed by atoms with Crippen molar-refractivity contribution in [3.05, 3.63) is 0 Å². The number of nitrogens with one attached hydrogen (secondary N) is 1. The van der Waals surface area contributed by atoms with Crippen molar-refractivity contribution < 1.29 is 0 Å². The Hall–Kier alpha value is -0.0800. The lowest BCUT2D eigenvalue weighted by atomic mass is 10.1. The van der Waals surface area contributed by atoms with Crippen LogP contribution in [0, 0.1) is 0 Å². The van der Waals surface area contributed by atoms with Gasteiger partial charge in [-0.1, -0.05) is 0 Å². The Kier molecular flexibility index (Phi) is 3.53. The van der Waals surface area contributed by atoms with Crippen molar-refractivity contribution in [3.63, 3.8) is 0 Å². The quantitative estimate of drug-likeness (QED) is 0.641. The molecule has 0 aromatic rings. The van der Waals surface area contributed by atoms with Crippen LogP contribution in [0.5, 0.6) is 0 Å². The minimum absolute atomic E-state index is 0.650. The molecule has 12 heavy (non-hydrogen) atoms. The maximum atomic E-state index is 3.52. The summed E-state index contributed by atoms with van der Waals surface area (Å²) in [7, 11) is 0. The molecule has 2 unspecified atom stereocenters. The first-order chi connectivity index (χ1) is 5.61. The van der Waals surface area contributed by atoms with Gasteiger partial charge in [0.25, 0.3) is 0 Å². The molecule has 0 amide bonds.